The van der Waals surface area contributed by atoms with Crippen LogP contribution in [0.1, 0.15) is 13.8 Å². The summed E-state index contributed by atoms with van der Waals surface area (Å²) < 4.78 is 40.2. The quantitative estimate of drug-likeness (QED) is 0.839. The minimum absolute atomic E-state index is 0.0433. The first-order valence-corrected chi connectivity index (χ1v) is 5.52. The molecule has 2 rings (SSSR count). The highest BCUT2D eigenvalue weighted by Gasteiger charge is 2.15. The van der Waals surface area contributed by atoms with E-state index in [1.165, 1.54) is 0 Å². The van der Waals surface area contributed by atoms with Crippen molar-refractivity contribution in [3.63, 3.8) is 0 Å². The molecule has 0 atom stereocenters. The van der Waals surface area contributed by atoms with E-state index in [1.807, 2.05) is 13.8 Å². The van der Waals surface area contributed by atoms with Gasteiger partial charge in [0.05, 0.1) is 5.69 Å². The third kappa shape index (κ3) is 2.61. The van der Waals surface area contributed by atoms with E-state index in [4.69, 9.17) is 5.73 Å². The Kier molecular flexibility index (Phi) is 3.32. The fourth-order valence-corrected chi connectivity index (χ4v) is 1.50. The van der Waals surface area contributed by atoms with Crippen LogP contribution in [0.25, 0.3) is 5.69 Å². The van der Waals surface area contributed by atoms with Gasteiger partial charge in [0.25, 0.3) is 0 Å². The zero-order valence-electron chi connectivity index (χ0n) is 10.3. The molecule has 5 nitrogen and oxygen atoms in total. The third-order valence-corrected chi connectivity index (χ3v) is 2.26. The Hall–Kier alpha value is -2.25. The predicted molar refractivity (Wildman–Crippen MR) is 64.4 cm³/mol. The summed E-state index contributed by atoms with van der Waals surface area (Å²) in [5.74, 6) is -4.01. The molecule has 0 saturated carbocycles. The number of nitrogens with two attached hydrogens (primary N) is 1. The number of aromatic nitrogens is 3. The molecule has 0 fully saturated rings. The van der Waals surface area contributed by atoms with Gasteiger partial charge in [0.1, 0.15) is 0 Å². The maximum absolute atomic E-state index is 13.1. The average Bonchev–Trinajstić information content (AvgIpc) is 2.65. The second-order valence-electron chi connectivity index (χ2n) is 4.23. The number of halogens is 3. The predicted octanol–water partition coefficient (Wildman–Crippen LogP) is 2.09. The lowest BCUT2D eigenvalue weighted by Gasteiger charge is -2.05. The number of rotatable bonds is 3. The molecule has 2 aromatic rings. The Balaban J connectivity index is 2.44. The lowest BCUT2D eigenvalue weighted by atomic mass is 10.3. The van der Waals surface area contributed by atoms with Crippen molar-refractivity contribution in [3.05, 3.63) is 29.6 Å². The van der Waals surface area contributed by atoms with E-state index < -0.39 is 17.5 Å². The van der Waals surface area contributed by atoms with E-state index in [9.17, 15) is 13.2 Å². The molecule has 19 heavy (non-hydrogen) atoms. The fraction of sp³-hybridized carbons (Fsp3) is 0.273. The summed E-state index contributed by atoms with van der Waals surface area (Å²) in [5, 5.41) is 6.84. The van der Waals surface area contributed by atoms with Gasteiger partial charge in [-0.2, -0.15) is 9.67 Å². The van der Waals surface area contributed by atoms with Crippen molar-refractivity contribution in [2.75, 3.05) is 11.1 Å². The minimum atomic E-state index is -1.54. The number of hydrogen-bond donors (Lipinski definition) is 2. The van der Waals surface area contributed by atoms with Gasteiger partial charge in [-0.1, -0.05) is 0 Å². The van der Waals surface area contributed by atoms with Crippen LogP contribution in [-0.4, -0.2) is 20.8 Å². The number of nitrogen functional groups attached to an aromatic ring is 1. The minimum Gasteiger partial charge on any atom is -0.368 e. The van der Waals surface area contributed by atoms with E-state index in [-0.39, 0.29) is 23.6 Å². The van der Waals surface area contributed by atoms with Crippen molar-refractivity contribution in [2.24, 2.45) is 0 Å². The first-order chi connectivity index (χ1) is 8.88. The molecule has 1 heterocycles. The molecule has 0 saturated heterocycles. The topological polar surface area (TPSA) is 68.8 Å². The smallest absolute Gasteiger partial charge is 0.244 e. The van der Waals surface area contributed by atoms with Crippen molar-refractivity contribution >= 4 is 11.9 Å². The van der Waals surface area contributed by atoms with E-state index in [2.05, 4.69) is 15.4 Å². The first-order valence-electron chi connectivity index (χ1n) is 5.52. The highest BCUT2D eigenvalue weighted by Crippen LogP contribution is 2.19. The molecule has 0 aliphatic rings. The zero-order valence-corrected chi connectivity index (χ0v) is 10.3. The maximum Gasteiger partial charge on any atom is 0.244 e. The standard InChI is InChI=1S/C11H12F3N5/c1-5(2)16-11-17-10(15)19(18-11)6-3-7(12)9(14)8(13)4-6/h3-5H,1-2H3,(H3,15,16,17,18). The summed E-state index contributed by atoms with van der Waals surface area (Å²) in [4.78, 5) is 3.89. The summed E-state index contributed by atoms with van der Waals surface area (Å²) in [6.45, 7) is 3.74. The van der Waals surface area contributed by atoms with Crippen molar-refractivity contribution in [2.45, 2.75) is 19.9 Å². The van der Waals surface area contributed by atoms with Gasteiger partial charge < -0.3 is 11.1 Å². The molecule has 0 bridgehead atoms. The summed E-state index contributed by atoms with van der Waals surface area (Å²) in [6, 6.07) is 1.66. The summed E-state index contributed by atoms with van der Waals surface area (Å²) in [7, 11) is 0. The number of nitrogens with one attached hydrogen (secondary N) is 1. The van der Waals surface area contributed by atoms with Crippen LogP contribution in [0.5, 0.6) is 0 Å². The summed E-state index contributed by atoms with van der Waals surface area (Å²) >= 11 is 0. The van der Waals surface area contributed by atoms with Gasteiger partial charge in [-0.15, -0.1) is 5.10 Å². The molecule has 3 N–H and O–H groups in total. The zero-order chi connectivity index (χ0) is 14.2. The molecule has 0 radical (unpaired) electrons. The van der Waals surface area contributed by atoms with Gasteiger partial charge in [-0.05, 0) is 13.8 Å². The van der Waals surface area contributed by atoms with E-state index in [0.717, 1.165) is 16.8 Å². The van der Waals surface area contributed by atoms with E-state index in [0.29, 0.717) is 0 Å². The Bertz CT molecular complexity index is 585. The molecular weight excluding hydrogens is 259 g/mol. The van der Waals surface area contributed by atoms with Crippen LogP contribution >= 0.6 is 0 Å². The molecule has 1 aromatic carbocycles. The molecular formula is C11H12F3N5. The Labute approximate surface area is 107 Å². The van der Waals surface area contributed by atoms with Crippen molar-refractivity contribution in [1.29, 1.82) is 0 Å². The molecule has 0 unspecified atom stereocenters. The third-order valence-electron chi connectivity index (χ3n) is 2.26. The normalized spacial score (nSPS) is 11.1. The SMILES string of the molecule is CC(C)Nc1nc(N)n(-c2cc(F)c(F)c(F)c2)n1. The van der Waals surface area contributed by atoms with Crippen LogP contribution in [0, 0.1) is 17.5 Å². The lowest BCUT2D eigenvalue weighted by molar-refractivity contribution is 0.446. The van der Waals surface area contributed by atoms with Crippen LogP contribution in [0.4, 0.5) is 25.1 Å². The second kappa shape index (κ2) is 4.79. The van der Waals surface area contributed by atoms with Gasteiger partial charge in [-0.25, -0.2) is 13.2 Å². The molecule has 8 heteroatoms. The number of anilines is 2. The molecule has 1 aromatic heterocycles. The maximum atomic E-state index is 13.1. The second-order valence-corrected chi connectivity index (χ2v) is 4.23. The number of benzene rings is 1. The Morgan fingerprint density at radius 1 is 1.21 bits per heavy atom. The largest absolute Gasteiger partial charge is 0.368 e. The van der Waals surface area contributed by atoms with Crippen LogP contribution in [0.3, 0.4) is 0 Å². The van der Waals surface area contributed by atoms with Crippen LogP contribution in [-0.2, 0) is 0 Å². The molecule has 102 valence electrons. The average molecular weight is 271 g/mol. The van der Waals surface area contributed by atoms with Gasteiger partial charge >= 0.3 is 0 Å². The lowest BCUT2D eigenvalue weighted by Crippen LogP contribution is -2.11. The molecule has 0 spiro atoms. The van der Waals surface area contributed by atoms with E-state index >= 15 is 0 Å². The van der Waals surface area contributed by atoms with Crippen molar-refractivity contribution in [3.8, 4) is 5.69 Å². The Morgan fingerprint density at radius 3 is 2.32 bits per heavy atom. The van der Waals surface area contributed by atoms with Gasteiger partial charge in [-0.3, -0.25) is 0 Å². The van der Waals surface area contributed by atoms with Crippen LogP contribution in [0.15, 0.2) is 12.1 Å². The van der Waals surface area contributed by atoms with Crippen molar-refractivity contribution in [1.82, 2.24) is 14.8 Å². The van der Waals surface area contributed by atoms with Crippen molar-refractivity contribution < 1.29 is 13.2 Å². The number of nitrogens with zero attached hydrogens (tertiary/aromatic N) is 3. The first kappa shape index (κ1) is 13.2. The van der Waals surface area contributed by atoms with Gasteiger partial charge in [0.15, 0.2) is 17.5 Å². The van der Waals surface area contributed by atoms with E-state index in [1.54, 1.807) is 0 Å². The highest BCUT2D eigenvalue weighted by atomic mass is 19.2. The molecule has 0 amide bonds. The van der Waals surface area contributed by atoms with Crippen LogP contribution < -0.4 is 11.1 Å². The highest BCUT2D eigenvalue weighted by molar-refractivity contribution is 5.42. The fourth-order valence-electron chi connectivity index (χ4n) is 1.50. The Morgan fingerprint density at radius 2 is 1.79 bits per heavy atom. The summed E-state index contributed by atoms with van der Waals surface area (Å²) in [5.41, 5.74) is 5.55. The molecule has 0 aliphatic heterocycles. The van der Waals surface area contributed by atoms with Gasteiger partial charge in [0, 0.05) is 18.2 Å². The van der Waals surface area contributed by atoms with Gasteiger partial charge in [0.2, 0.25) is 11.9 Å². The number of hydrogen-bond acceptors (Lipinski definition) is 4. The monoisotopic (exact) mass is 271 g/mol. The molecule has 0 aliphatic carbocycles. The van der Waals surface area contributed by atoms with Crippen LogP contribution in [0.2, 0.25) is 0 Å². The summed E-state index contributed by atoms with van der Waals surface area (Å²) in [6.07, 6.45) is 0.